The minimum absolute atomic E-state index is 0.122. The van der Waals surface area contributed by atoms with Gasteiger partial charge in [-0.25, -0.2) is 0 Å². The second-order valence-electron chi connectivity index (χ2n) is 8.06. The number of hydrazone groups is 1. The topological polar surface area (TPSA) is 53.0 Å². The zero-order chi connectivity index (χ0) is 18.2. The van der Waals surface area contributed by atoms with Gasteiger partial charge in [0, 0.05) is 18.6 Å². The van der Waals surface area contributed by atoms with E-state index >= 15 is 0 Å². The van der Waals surface area contributed by atoms with Crippen molar-refractivity contribution in [3.63, 3.8) is 0 Å². The van der Waals surface area contributed by atoms with Gasteiger partial charge in [0.1, 0.15) is 0 Å². The number of fused-ring (bicyclic) bond motifs is 3. The van der Waals surface area contributed by atoms with Crippen LogP contribution in [0.1, 0.15) is 18.4 Å². The van der Waals surface area contributed by atoms with Crippen LogP contribution < -0.4 is 4.90 Å². The summed E-state index contributed by atoms with van der Waals surface area (Å²) in [5.74, 6) is -0.156. The molecule has 0 N–H and O–H groups in total. The zero-order valence-electron chi connectivity index (χ0n) is 14.7. The van der Waals surface area contributed by atoms with Gasteiger partial charge in [0.2, 0.25) is 0 Å². The van der Waals surface area contributed by atoms with Crippen LogP contribution in [0.4, 0.5) is 5.69 Å². The first-order chi connectivity index (χ1) is 12.4. The molecule has 3 fully saturated rings. The van der Waals surface area contributed by atoms with Crippen molar-refractivity contribution in [3.8, 4) is 0 Å². The van der Waals surface area contributed by atoms with E-state index in [0.717, 1.165) is 33.6 Å². The van der Waals surface area contributed by atoms with Crippen molar-refractivity contribution in [1.82, 2.24) is 5.01 Å². The number of benzene rings is 1. The molecule has 5 rings (SSSR count). The highest BCUT2D eigenvalue weighted by Gasteiger charge is 2.73. The Morgan fingerprint density at radius 3 is 2.27 bits per heavy atom. The zero-order valence-corrected chi connectivity index (χ0v) is 16.3. The molecule has 4 aliphatic rings. The molecule has 26 heavy (non-hydrogen) atoms. The first-order valence-electron chi connectivity index (χ1n) is 9.01. The normalized spacial score (nSPS) is 33.0. The Morgan fingerprint density at radius 1 is 1.15 bits per heavy atom. The Bertz CT molecular complexity index is 853. The summed E-state index contributed by atoms with van der Waals surface area (Å²) in [6.07, 6.45) is 8.25. The van der Waals surface area contributed by atoms with E-state index < -0.39 is 0 Å². The van der Waals surface area contributed by atoms with Crippen LogP contribution in [0.3, 0.4) is 0 Å². The molecule has 134 valence electrons. The number of halogens is 1. The molecule has 3 aliphatic carbocycles. The summed E-state index contributed by atoms with van der Waals surface area (Å²) >= 11 is 3.55. The number of nitrogens with zero attached hydrogens (tertiary/aromatic N) is 3. The number of imide groups is 1. The Morgan fingerprint density at radius 2 is 1.77 bits per heavy atom. The summed E-state index contributed by atoms with van der Waals surface area (Å²) in [6.45, 7) is 0. The van der Waals surface area contributed by atoms with Crippen LogP contribution in [0.15, 0.2) is 39.9 Å². The monoisotopic (exact) mass is 413 g/mol. The Kier molecular flexibility index (Phi) is 3.30. The van der Waals surface area contributed by atoms with Crippen LogP contribution in [0.2, 0.25) is 0 Å². The maximum absolute atomic E-state index is 12.9. The van der Waals surface area contributed by atoms with Crippen molar-refractivity contribution in [2.45, 2.75) is 12.8 Å². The predicted molar refractivity (Wildman–Crippen MR) is 103 cm³/mol. The first kappa shape index (κ1) is 16.2. The molecule has 6 heteroatoms. The van der Waals surface area contributed by atoms with Crippen LogP contribution in [-0.2, 0) is 9.59 Å². The average Bonchev–Trinajstić information content (AvgIpc) is 3.20. The SMILES string of the molecule is CN(C)c1ccc(/C=N\N2C(=O)[C@@H]3[C@@H](C2=O)[C@@H]2C=C[C@@H]3C23CC3)cc1Br. The van der Waals surface area contributed by atoms with E-state index in [-0.39, 0.29) is 40.9 Å². The van der Waals surface area contributed by atoms with E-state index in [9.17, 15) is 9.59 Å². The van der Waals surface area contributed by atoms with E-state index in [1.807, 2.05) is 37.2 Å². The summed E-state index contributed by atoms with van der Waals surface area (Å²) in [5.41, 5.74) is 2.13. The molecule has 1 saturated heterocycles. The van der Waals surface area contributed by atoms with E-state index in [2.05, 4.69) is 33.2 Å². The first-order valence-corrected chi connectivity index (χ1v) is 9.80. The molecular formula is C20H20BrN3O2. The molecule has 1 aromatic carbocycles. The largest absolute Gasteiger partial charge is 0.377 e. The lowest BCUT2D eigenvalue weighted by atomic mass is 9.85. The highest BCUT2D eigenvalue weighted by atomic mass is 79.9. The molecule has 0 radical (unpaired) electrons. The molecule has 5 nitrogen and oxygen atoms in total. The molecule has 1 heterocycles. The smallest absolute Gasteiger partial charge is 0.254 e. The molecule has 1 aliphatic heterocycles. The summed E-state index contributed by atoms with van der Waals surface area (Å²) in [6, 6.07) is 5.85. The Hall–Kier alpha value is -1.95. The number of allylic oxidation sites excluding steroid dienone is 2. The second kappa shape index (κ2) is 5.28. The third-order valence-corrected chi connectivity index (χ3v) is 7.24. The van der Waals surface area contributed by atoms with Crippen molar-refractivity contribution in [1.29, 1.82) is 0 Å². The van der Waals surface area contributed by atoms with Gasteiger partial charge in [-0.1, -0.05) is 18.2 Å². The summed E-state index contributed by atoms with van der Waals surface area (Å²) < 4.78 is 0.945. The highest BCUT2D eigenvalue weighted by molar-refractivity contribution is 9.10. The van der Waals surface area contributed by atoms with E-state index in [4.69, 9.17) is 0 Å². The molecule has 2 amide bonds. The molecule has 1 aromatic rings. The third-order valence-electron chi connectivity index (χ3n) is 6.61. The van der Waals surface area contributed by atoms with Crippen LogP contribution in [-0.4, -0.2) is 37.1 Å². The fourth-order valence-corrected chi connectivity index (χ4v) is 6.02. The molecule has 1 spiro atoms. The lowest BCUT2D eigenvalue weighted by Crippen LogP contribution is -2.30. The van der Waals surface area contributed by atoms with Crippen molar-refractivity contribution in [2.24, 2.45) is 34.2 Å². The van der Waals surface area contributed by atoms with Crippen LogP contribution in [0.5, 0.6) is 0 Å². The van der Waals surface area contributed by atoms with Gasteiger partial charge in [-0.15, -0.1) is 0 Å². The lowest BCUT2D eigenvalue weighted by Gasteiger charge is -2.18. The fraction of sp³-hybridized carbons (Fsp3) is 0.450. The van der Waals surface area contributed by atoms with Gasteiger partial charge in [0.15, 0.2) is 0 Å². The van der Waals surface area contributed by atoms with Crippen LogP contribution in [0.25, 0.3) is 0 Å². The molecule has 2 saturated carbocycles. The van der Waals surface area contributed by atoms with Crippen LogP contribution in [0, 0.1) is 29.1 Å². The number of rotatable bonds is 3. The van der Waals surface area contributed by atoms with E-state index in [1.54, 1.807) is 6.21 Å². The average molecular weight is 414 g/mol. The molecule has 4 atom stereocenters. The summed E-state index contributed by atoms with van der Waals surface area (Å²) in [5, 5.41) is 5.38. The Balaban J connectivity index is 1.39. The number of anilines is 1. The van der Waals surface area contributed by atoms with E-state index in [1.165, 1.54) is 0 Å². The van der Waals surface area contributed by atoms with Gasteiger partial charge in [-0.05, 0) is 63.7 Å². The second-order valence-corrected chi connectivity index (χ2v) is 8.91. The predicted octanol–water partition coefficient (Wildman–Crippen LogP) is 3.05. The Labute approximate surface area is 160 Å². The third kappa shape index (κ3) is 1.99. The number of carbonyl (C=O) groups excluding carboxylic acids is 2. The van der Waals surface area contributed by atoms with Crippen molar-refractivity contribution < 1.29 is 9.59 Å². The van der Waals surface area contributed by atoms with Gasteiger partial charge in [-0.3, -0.25) is 9.59 Å². The summed E-state index contributed by atoms with van der Waals surface area (Å²) in [4.78, 5) is 27.8. The maximum atomic E-state index is 12.9. The molecule has 0 aromatic heterocycles. The standard InChI is InChI=1S/C20H20BrN3O2/c1-23(2)15-6-3-11(9-14(15)21)10-22-24-18(25)16-12-4-5-13(17(16)19(24)26)20(12)7-8-20/h3-6,9-10,12-13,16-17H,7-8H2,1-2H3/b22-10-/t12-,13-,16-,17-/m0/s1. The number of hydrogen-bond acceptors (Lipinski definition) is 4. The molecule has 2 bridgehead atoms. The highest BCUT2D eigenvalue weighted by Crippen LogP contribution is 2.73. The maximum Gasteiger partial charge on any atom is 0.254 e. The van der Waals surface area contributed by atoms with Crippen molar-refractivity contribution in [2.75, 3.05) is 19.0 Å². The molecule has 0 unspecified atom stereocenters. The van der Waals surface area contributed by atoms with Gasteiger partial charge in [-0.2, -0.15) is 10.1 Å². The minimum Gasteiger partial charge on any atom is -0.377 e. The number of hydrogen-bond donors (Lipinski definition) is 0. The van der Waals surface area contributed by atoms with Crippen LogP contribution >= 0.6 is 15.9 Å². The lowest BCUT2D eigenvalue weighted by molar-refractivity contribution is -0.141. The number of carbonyl (C=O) groups is 2. The van der Waals surface area contributed by atoms with Crippen molar-refractivity contribution >= 4 is 39.6 Å². The van der Waals surface area contributed by atoms with Crippen molar-refractivity contribution in [3.05, 3.63) is 40.4 Å². The fourth-order valence-electron chi connectivity index (χ4n) is 5.27. The number of amides is 2. The van der Waals surface area contributed by atoms with Gasteiger partial charge in [0.25, 0.3) is 11.8 Å². The van der Waals surface area contributed by atoms with Gasteiger partial charge in [0.05, 0.1) is 23.7 Å². The van der Waals surface area contributed by atoms with Gasteiger partial charge < -0.3 is 4.90 Å². The summed E-state index contributed by atoms with van der Waals surface area (Å²) in [7, 11) is 3.95. The minimum atomic E-state index is -0.194. The van der Waals surface area contributed by atoms with E-state index in [0.29, 0.717) is 0 Å². The molecular weight excluding hydrogens is 394 g/mol. The van der Waals surface area contributed by atoms with Gasteiger partial charge >= 0.3 is 0 Å². The quantitative estimate of drug-likeness (QED) is 0.434.